The quantitative estimate of drug-likeness (QED) is 0.163. The summed E-state index contributed by atoms with van der Waals surface area (Å²) >= 11 is 0. The first-order valence-electron chi connectivity index (χ1n) is 15.6. The van der Waals surface area contributed by atoms with Gasteiger partial charge in [0.15, 0.2) is 5.78 Å². The van der Waals surface area contributed by atoms with Gasteiger partial charge in [-0.05, 0) is 138 Å². The van der Waals surface area contributed by atoms with Gasteiger partial charge < -0.3 is 29.2 Å². The number of carbonyl (C=O) groups excluding carboxylic acids is 1. The highest BCUT2D eigenvalue weighted by Gasteiger charge is 2.13. The molecule has 0 saturated carbocycles. The zero-order valence-electron chi connectivity index (χ0n) is 27.0. The fourth-order valence-corrected chi connectivity index (χ4v) is 5.21. The van der Waals surface area contributed by atoms with Crippen molar-refractivity contribution >= 4 is 22.3 Å². The van der Waals surface area contributed by atoms with Crippen LogP contribution in [0.4, 0.5) is 0 Å². The summed E-state index contributed by atoms with van der Waals surface area (Å²) in [5, 5.41) is 9.63. The monoisotopic (exact) mass is 592 g/mol. The highest BCUT2D eigenvalue weighted by atomic mass is 16.1. The molecule has 6 aromatic heterocycles. The highest BCUT2D eigenvalue weighted by Crippen LogP contribution is 2.12. The number of hydrogen-bond acceptors (Lipinski definition) is 4. The van der Waals surface area contributed by atoms with Crippen molar-refractivity contribution in [2.75, 3.05) is 20.6 Å². The van der Waals surface area contributed by atoms with Gasteiger partial charge in [0.05, 0.1) is 6.04 Å². The van der Waals surface area contributed by atoms with Crippen LogP contribution >= 0.6 is 0 Å². The van der Waals surface area contributed by atoms with Crippen molar-refractivity contribution in [1.29, 1.82) is 0 Å². The molecule has 44 heavy (non-hydrogen) atoms. The van der Waals surface area contributed by atoms with E-state index >= 15 is 0 Å². The van der Waals surface area contributed by atoms with Crippen LogP contribution in [-0.2, 0) is 12.8 Å². The molecule has 0 aliphatic rings. The van der Waals surface area contributed by atoms with Crippen molar-refractivity contribution in [1.82, 2.24) is 29.2 Å². The summed E-state index contributed by atoms with van der Waals surface area (Å²) in [7, 11) is 3.79. The Hall–Kier alpha value is -4.17. The molecule has 0 bridgehead atoms. The molecule has 0 fully saturated rings. The Bertz CT molecular complexity index is 1740. The largest absolute Gasteiger partial charge is 0.324 e. The minimum atomic E-state index is -0.137. The number of fused-ring (bicyclic) bond motifs is 3. The second-order valence-electron chi connectivity index (χ2n) is 11.4. The molecule has 0 aromatic carbocycles. The molecule has 3 N–H and O–H groups in total. The topological polar surface area (TPSA) is 66.4 Å². The van der Waals surface area contributed by atoms with Crippen molar-refractivity contribution < 1.29 is 4.79 Å². The number of ketones is 1. The lowest BCUT2D eigenvalue weighted by Crippen LogP contribution is -2.30. The third kappa shape index (κ3) is 8.92. The number of pyridine rings is 3. The number of aromatic nitrogens is 3. The molecule has 0 amide bonds. The van der Waals surface area contributed by atoms with Crippen LogP contribution in [0.15, 0.2) is 110 Å². The Morgan fingerprint density at radius 2 is 1.11 bits per heavy atom. The van der Waals surface area contributed by atoms with Crippen LogP contribution in [-0.4, -0.2) is 57.8 Å². The van der Waals surface area contributed by atoms with Gasteiger partial charge in [0, 0.05) is 71.4 Å². The van der Waals surface area contributed by atoms with Crippen LogP contribution in [0.3, 0.4) is 0 Å². The molecule has 7 heteroatoms. The van der Waals surface area contributed by atoms with Crippen molar-refractivity contribution in [2.24, 2.45) is 0 Å². The van der Waals surface area contributed by atoms with Crippen molar-refractivity contribution in [2.45, 2.75) is 58.7 Å². The molecule has 3 unspecified atom stereocenters. The van der Waals surface area contributed by atoms with Crippen LogP contribution in [0, 0.1) is 0 Å². The Labute approximate surface area is 261 Å². The number of hydrogen-bond donors (Lipinski definition) is 3. The van der Waals surface area contributed by atoms with Crippen molar-refractivity contribution in [3.8, 4) is 0 Å². The summed E-state index contributed by atoms with van der Waals surface area (Å²) < 4.78 is 6.26. The van der Waals surface area contributed by atoms with E-state index in [9.17, 15) is 4.79 Å². The second-order valence-corrected chi connectivity index (χ2v) is 11.4. The smallest absolute Gasteiger partial charge is 0.179 e. The number of likely N-dealkylation sites (N-methyl/N-ethyl adjacent to an activating group) is 3. The maximum atomic E-state index is 11.9. The third-order valence-corrected chi connectivity index (χ3v) is 7.96. The Morgan fingerprint density at radius 1 is 0.636 bits per heavy atom. The van der Waals surface area contributed by atoms with Crippen LogP contribution in [0.2, 0.25) is 0 Å². The van der Waals surface area contributed by atoms with Gasteiger partial charge in [-0.25, -0.2) is 0 Å². The van der Waals surface area contributed by atoms with E-state index in [0.29, 0.717) is 12.1 Å². The third-order valence-electron chi connectivity index (χ3n) is 7.96. The Morgan fingerprint density at radius 3 is 1.59 bits per heavy atom. The first kappa shape index (κ1) is 32.7. The maximum absolute atomic E-state index is 11.9. The molecule has 0 aliphatic carbocycles. The molecule has 3 atom stereocenters. The Kier molecular flexibility index (Phi) is 11.9. The minimum Gasteiger partial charge on any atom is -0.324 e. The highest BCUT2D eigenvalue weighted by molar-refractivity contribution is 6.00. The number of nitrogens with zero attached hydrogens (tertiary/aromatic N) is 3. The molecule has 232 valence electrons. The summed E-state index contributed by atoms with van der Waals surface area (Å²) in [5.74, 6) is 0.126. The number of nitrogens with one attached hydrogen (secondary N) is 3. The molecule has 0 spiro atoms. The molecule has 0 radical (unpaired) electrons. The lowest BCUT2D eigenvalue weighted by molar-refractivity contribution is 0.0955. The lowest BCUT2D eigenvalue weighted by atomic mass is 10.1. The molecule has 0 aliphatic heterocycles. The molecule has 6 rings (SSSR count). The average Bonchev–Trinajstić information content (AvgIpc) is 3.81. The van der Waals surface area contributed by atoms with Crippen LogP contribution in [0.1, 0.15) is 49.2 Å². The summed E-state index contributed by atoms with van der Waals surface area (Å²) in [4.78, 5) is 11.9. The van der Waals surface area contributed by atoms with E-state index in [1.165, 1.54) is 22.2 Å². The van der Waals surface area contributed by atoms with Gasteiger partial charge in [-0.2, -0.15) is 0 Å². The molecular formula is C37H48N6O. The van der Waals surface area contributed by atoms with E-state index < -0.39 is 0 Å². The van der Waals surface area contributed by atoms with Crippen LogP contribution < -0.4 is 16.0 Å². The van der Waals surface area contributed by atoms with Crippen molar-refractivity contribution in [3.05, 3.63) is 127 Å². The zero-order chi connectivity index (χ0) is 31.5. The Balaban J connectivity index is 0.000000151. The van der Waals surface area contributed by atoms with Crippen LogP contribution in [0.25, 0.3) is 16.6 Å². The van der Waals surface area contributed by atoms with E-state index in [0.717, 1.165) is 30.5 Å². The predicted molar refractivity (Wildman–Crippen MR) is 184 cm³/mol. The van der Waals surface area contributed by atoms with E-state index in [2.05, 4.69) is 119 Å². The zero-order valence-corrected chi connectivity index (χ0v) is 27.0. The summed E-state index contributed by atoms with van der Waals surface area (Å²) in [6.07, 6.45) is 14.4. The van der Waals surface area contributed by atoms with Gasteiger partial charge in [0.1, 0.15) is 0 Å². The summed E-state index contributed by atoms with van der Waals surface area (Å²) in [6.45, 7) is 9.47. The van der Waals surface area contributed by atoms with E-state index in [4.69, 9.17) is 0 Å². The molecule has 6 aromatic rings. The van der Waals surface area contributed by atoms with Gasteiger partial charge in [-0.15, -0.1) is 0 Å². The second kappa shape index (κ2) is 16.1. The van der Waals surface area contributed by atoms with Crippen LogP contribution in [0.5, 0.6) is 0 Å². The predicted octanol–water partition coefficient (Wildman–Crippen LogP) is 6.30. The maximum Gasteiger partial charge on any atom is 0.179 e. The SMILES string of the molecule is CCNC(C)Cc1ccn2cccc2c1.CNC(C)C(=O)c1ccn2cccc2c1.CNC(C)Cc1ccn2cccc2c1. The standard InChI is InChI=1S/C13H18N2.C12H14N2O.C12H16N2/c1-3-14-11(2)9-12-6-8-15-7-4-5-13(15)10-12;1-9(13-2)12(15)10-5-7-14-6-3-4-11(14)8-10;1-10(13-2)8-11-5-7-14-6-3-4-12(14)9-11/h4-8,10-11,14H,3,9H2,1-2H3;3-9,13H,1-2H3;3-7,9-10,13H,8H2,1-2H3. The van der Waals surface area contributed by atoms with Gasteiger partial charge in [-0.1, -0.05) is 6.92 Å². The van der Waals surface area contributed by atoms with E-state index in [1.54, 1.807) is 7.05 Å². The minimum absolute atomic E-state index is 0.126. The van der Waals surface area contributed by atoms with Gasteiger partial charge in [0.25, 0.3) is 0 Å². The molecular weight excluding hydrogens is 544 g/mol. The number of Topliss-reactive ketones (excluding diaryl/α,β-unsaturated/α-hetero) is 1. The number of rotatable bonds is 10. The normalized spacial score (nSPS) is 13.1. The summed E-state index contributed by atoms with van der Waals surface area (Å²) in [5.41, 5.74) is 7.13. The van der Waals surface area contributed by atoms with Gasteiger partial charge in [-0.3, -0.25) is 4.79 Å². The fourth-order valence-electron chi connectivity index (χ4n) is 5.21. The first-order valence-corrected chi connectivity index (χ1v) is 15.6. The fraction of sp³-hybridized carbons (Fsp3) is 0.324. The van der Waals surface area contributed by atoms with Gasteiger partial charge >= 0.3 is 0 Å². The summed E-state index contributed by atoms with van der Waals surface area (Å²) in [6, 6.07) is 26.0. The first-order chi connectivity index (χ1) is 21.3. The molecule has 6 heterocycles. The molecule has 0 saturated heterocycles. The lowest BCUT2D eigenvalue weighted by Gasteiger charge is -2.12. The average molecular weight is 593 g/mol. The van der Waals surface area contributed by atoms with Crippen molar-refractivity contribution in [3.63, 3.8) is 0 Å². The van der Waals surface area contributed by atoms with E-state index in [1.807, 2.05) is 55.0 Å². The van der Waals surface area contributed by atoms with E-state index in [-0.39, 0.29) is 11.8 Å². The number of carbonyl (C=O) groups is 1. The van der Waals surface area contributed by atoms with Gasteiger partial charge in [0.2, 0.25) is 0 Å². The molecule has 7 nitrogen and oxygen atoms in total.